The smallest absolute Gasteiger partial charge is 0.316 e. The summed E-state index contributed by atoms with van der Waals surface area (Å²) in [5, 5.41) is 3.70. The van der Waals surface area contributed by atoms with E-state index in [1.165, 1.54) is 17.9 Å². The molecule has 1 amide bonds. The molecule has 1 aliphatic rings. The third-order valence-electron chi connectivity index (χ3n) is 4.15. The molecule has 1 fully saturated rings. The number of likely N-dealkylation sites (tertiary alicyclic amines) is 1. The fourth-order valence-electron chi connectivity index (χ4n) is 2.95. The van der Waals surface area contributed by atoms with E-state index in [9.17, 15) is 13.6 Å². The van der Waals surface area contributed by atoms with Crippen molar-refractivity contribution in [1.29, 1.82) is 0 Å². The number of halogens is 3. The fourth-order valence-corrected chi connectivity index (χ4v) is 3.16. The van der Waals surface area contributed by atoms with Gasteiger partial charge in [-0.3, -0.25) is 9.48 Å². The van der Waals surface area contributed by atoms with Gasteiger partial charge in [0.1, 0.15) is 5.69 Å². The lowest BCUT2D eigenvalue weighted by Crippen LogP contribution is -2.41. The number of alkyl halides is 2. The standard InChI is InChI=1S/C16H18BrF2N5O2/c1-23-8-12(13(22-23)14(18)19)15(25)24-4-2-3-10(7-24)9-26-16-20-5-11(17)6-21-16/h5-6,8,10,14H,2-4,7,9H2,1H3. The molecular formula is C16H18BrF2N5O2. The van der Waals surface area contributed by atoms with Gasteiger partial charge < -0.3 is 9.64 Å². The highest BCUT2D eigenvalue weighted by Gasteiger charge is 2.30. The van der Waals surface area contributed by atoms with Crippen LogP contribution in [0.15, 0.2) is 23.1 Å². The first-order valence-electron chi connectivity index (χ1n) is 8.15. The Labute approximate surface area is 157 Å². The molecule has 2 aromatic rings. The van der Waals surface area contributed by atoms with Gasteiger partial charge in [0.05, 0.1) is 16.6 Å². The second-order valence-electron chi connectivity index (χ2n) is 6.16. The van der Waals surface area contributed by atoms with Crippen molar-refractivity contribution in [1.82, 2.24) is 24.6 Å². The molecule has 1 saturated heterocycles. The minimum Gasteiger partial charge on any atom is -0.463 e. The van der Waals surface area contributed by atoms with Crippen LogP contribution in [-0.4, -0.2) is 50.3 Å². The molecule has 0 spiro atoms. The number of amides is 1. The van der Waals surface area contributed by atoms with Gasteiger partial charge in [-0.2, -0.15) is 5.10 Å². The van der Waals surface area contributed by atoms with Crippen LogP contribution in [0.3, 0.4) is 0 Å². The molecule has 3 heterocycles. The summed E-state index contributed by atoms with van der Waals surface area (Å²) in [7, 11) is 1.52. The third-order valence-corrected chi connectivity index (χ3v) is 4.55. The second kappa shape index (κ2) is 8.07. The SMILES string of the molecule is Cn1cc(C(=O)N2CCCC(COc3ncc(Br)cn3)C2)c(C(F)F)n1. The van der Waals surface area contributed by atoms with Gasteiger partial charge in [0.25, 0.3) is 12.3 Å². The number of aromatic nitrogens is 4. The van der Waals surface area contributed by atoms with Crippen molar-refractivity contribution in [3.63, 3.8) is 0 Å². The van der Waals surface area contributed by atoms with Gasteiger partial charge in [-0.15, -0.1) is 0 Å². The van der Waals surface area contributed by atoms with Crippen LogP contribution in [0.25, 0.3) is 0 Å². The monoisotopic (exact) mass is 429 g/mol. The van der Waals surface area contributed by atoms with E-state index in [4.69, 9.17) is 4.74 Å². The zero-order valence-corrected chi connectivity index (χ0v) is 15.7. The molecule has 0 aliphatic carbocycles. The molecule has 1 aliphatic heterocycles. The van der Waals surface area contributed by atoms with E-state index in [-0.39, 0.29) is 17.5 Å². The van der Waals surface area contributed by atoms with Gasteiger partial charge in [-0.25, -0.2) is 18.7 Å². The summed E-state index contributed by atoms with van der Waals surface area (Å²) in [6, 6.07) is 0.267. The number of rotatable bonds is 5. The summed E-state index contributed by atoms with van der Waals surface area (Å²) in [6.45, 7) is 1.33. The quantitative estimate of drug-likeness (QED) is 0.730. The summed E-state index contributed by atoms with van der Waals surface area (Å²) in [6.07, 6.45) is 3.41. The van der Waals surface area contributed by atoms with Gasteiger partial charge in [0, 0.05) is 44.6 Å². The van der Waals surface area contributed by atoms with Crippen molar-refractivity contribution in [2.24, 2.45) is 13.0 Å². The Hall–Kier alpha value is -2.10. The van der Waals surface area contributed by atoms with Crippen molar-refractivity contribution < 1.29 is 18.3 Å². The number of aryl methyl sites for hydroxylation is 1. The molecule has 0 radical (unpaired) electrons. The number of ether oxygens (including phenoxy) is 1. The van der Waals surface area contributed by atoms with Crippen molar-refractivity contribution in [2.45, 2.75) is 19.3 Å². The summed E-state index contributed by atoms with van der Waals surface area (Å²) in [5.74, 6) is -0.329. The van der Waals surface area contributed by atoms with E-state index in [0.717, 1.165) is 17.3 Å². The summed E-state index contributed by atoms with van der Waals surface area (Å²) in [4.78, 5) is 22.3. The summed E-state index contributed by atoms with van der Waals surface area (Å²) in [5.41, 5.74) is -0.514. The van der Waals surface area contributed by atoms with Crippen LogP contribution in [0.4, 0.5) is 8.78 Å². The minimum absolute atomic E-state index is 0.0414. The largest absolute Gasteiger partial charge is 0.463 e. The first kappa shape index (κ1) is 18.7. The van der Waals surface area contributed by atoms with Crippen LogP contribution in [-0.2, 0) is 7.05 Å². The molecule has 0 aromatic carbocycles. The van der Waals surface area contributed by atoms with Crippen molar-refractivity contribution in [3.8, 4) is 6.01 Å². The first-order chi connectivity index (χ1) is 12.4. The zero-order chi connectivity index (χ0) is 18.7. The lowest BCUT2D eigenvalue weighted by atomic mass is 9.98. The number of nitrogens with zero attached hydrogens (tertiary/aromatic N) is 5. The zero-order valence-electron chi connectivity index (χ0n) is 14.1. The predicted molar refractivity (Wildman–Crippen MR) is 92.0 cm³/mol. The average molecular weight is 430 g/mol. The van der Waals surface area contributed by atoms with E-state index >= 15 is 0 Å². The minimum atomic E-state index is -2.78. The Kier molecular flexibility index (Phi) is 5.80. The topological polar surface area (TPSA) is 73.1 Å². The van der Waals surface area contributed by atoms with E-state index in [0.29, 0.717) is 19.7 Å². The van der Waals surface area contributed by atoms with E-state index in [1.54, 1.807) is 17.3 Å². The molecule has 0 saturated carbocycles. The summed E-state index contributed by atoms with van der Waals surface area (Å²) >= 11 is 3.25. The van der Waals surface area contributed by atoms with E-state index < -0.39 is 18.0 Å². The number of carbonyl (C=O) groups is 1. The van der Waals surface area contributed by atoms with Gasteiger partial charge in [-0.05, 0) is 28.8 Å². The molecule has 3 rings (SSSR count). The lowest BCUT2D eigenvalue weighted by Gasteiger charge is -2.32. The van der Waals surface area contributed by atoms with Crippen LogP contribution in [0.2, 0.25) is 0 Å². The van der Waals surface area contributed by atoms with Gasteiger partial charge >= 0.3 is 6.01 Å². The highest BCUT2D eigenvalue weighted by atomic mass is 79.9. The normalized spacial score (nSPS) is 17.6. The molecule has 7 nitrogen and oxygen atoms in total. The molecule has 1 atom stereocenters. The first-order valence-corrected chi connectivity index (χ1v) is 8.94. The number of piperidine rings is 1. The van der Waals surface area contributed by atoms with Crippen LogP contribution in [0.5, 0.6) is 6.01 Å². The highest BCUT2D eigenvalue weighted by molar-refractivity contribution is 9.10. The molecule has 140 valence electrons. The maximum atomic E-state index is 13.1. The van der Waals surface area contributed by atoms with Crippen LogP contribution < -0.4 is 4.74 Å². The highest BCUT2D eigenvalue weighted by Crippen LogP contribution is 2.25. The Morgan fingerprint density at radius 3 is 2.85 bits per heavy atom. The lowest BCUT2D eigenvalue weighted by molar-refractivity contribution is 0.0618. The Balaban J connectivity index is 1.62. The molecular weight excluding hydrogens is 412 g/mol. The predicted octanol–water partition coefficient (Wildman–Crippen LogP) is 2.84. The molecule has 0 N–H and O–H groups in total. The van der Waals surface area contributed by atoms with Crippen LogP contribution in [0, 0.1) is 5.92 Å². The summed E-state index contributed by atoms with van der Waals surface area (Å²) < 4.78 is 33.8. The average Bonchev–Trinajstić information content (AvgIpc) is 3.03. The molecule has 1 unspecified atom stereocenters. The second-order valence-corrected chi connectivity index (χ2v) is 7.07. The third kappa shape index (κ3) is 4.35. The molecule has 0 bridgehead atoms. The number of carbonyl (C=O) groups excluding carboxylic acids is 1. The van der Waals surface area contributed by atoms with Crippen LogP contribution >= 0.6 is 15.9 Å². The van der Waals surface area contributed by atoms with Gasteiger partial charge in [0.15, 0.2) is 0 Å². The number of hydrogen-bond donors (Lipinski definition) is 0. The molecule has 10 heteroatoms. The Morgan fingerprint density at radius 1 is 1.42 bits per heavy atom. The van der Waals surface area contributed by atoms with Crippen molar-refractivity contribution in [2.75, 3.05) is 19.7 Å². The Morgan fingerprint density at radius 2 is 2.15 bits per heavy atom. The number of hydrogen-bond acceptors (Lipinski definition) is 5. The fraction of sp³-hybridized carbons (Fsp3) is 0.500. The Bertz CT molecular complexity index is 769. The van der Waals surface area contributed by atoms with E-state index in [1.807, 2.05) is 0 Å². The van der Waals surface area contributed by atoms with E-state index in [2.05, 4.69) is 31.0 Å². The molecule has 26 heavy (non-hydrogen) atoms. The van der Waals surface area contributed by atoms with Crippen molar-refractivity contribution in [3.05, 3.63) is 34.3 Å². The van der Waals surface area contributed by atoms with Crippen molar-refractivity contribution >= 4 is 21.8 Å². The van der Waals surface area contributed by atoms with Gasteiger partial charge in [0.2, 0.25) is 0 Å². The maximum absolute atomic E-state index is 13.1. The van der Waals surface area contributed by atoms with Gasteiger partial charge in [-0.1, -0.05) is 0 Å². The van der Waals surface area contributed by atoms with Crippen LogP contribution in [0.1, 0.15) is 35.3 Å². The maximum Gasteiger partial charge on any atom is 0.316 e. The molecule has 2 aromatic heterocycles.